The number of rotatable bonds is 10. The van der Waals surface area contributed by atoms with E-state index in [9.17, 15) is 0 Å². The first kappa shape index (κ1) is 87.1. The lowest BCUT2D eigenvalue weighted by molar-refractivity contribution is 0.660. The fraction of sp³-hybridized carbons (Fsp3) is 0.0833. The van der Waals surface area contributed by atoms with Gasteiger partial charge in [-0.1, -0.05) is 489 Å². The first-order chi connectivity index (χ1) is 70.4. The van der Waals surface area contributed by atoms with Crippen molar-refractivity contribution in [1.82, 2.24) is 0 Å². The highest BCUT2D eigenvalue weighted by Crippen LogP contribution is 2.60. The van der Waals surface area contributed by atoms with E-state index in [1.165, 1.54) is 292 Å². The second kappa shape index (κ2) is 34.4. The number of hydrogen-bond donors (Lipinski definition) is 0. The SMILES string of the molecule is CC1(C)c2ccccc2-c2c(-c3c4ccccc4c(-c4cccc(-c5ccccc5)c4)c4ccc(-c5ccc6ccccc6c5)cc34)cccc21.Cc1ccc(-c2c3ccccc3c(-c3cccc4c3-c3ccccc3C4(C)C)c3cc(-c4ccc5ccccc5c4)ccc23)c(C)c1.Cc1ccc(-c2c3ccccc3c(-c3cccc4c3-c3ccccc3C4(C)C)c3cc(-c4ccc5ccccc5c4)ccc23)cc1. The summed E-state index contributed by atoms with van der Waals surface area (Å²) in [5.41, 5.74) is 45.6. The van der Waals surface area contributed by atoms with Gasteiger partial charge in [-0.15, -0.1) is 0 Å². The molecule has 28 rings (SSSR count). The first-order valence-electron chi connectivity index (χ1n) is 50.9. The van der Waals surface area contributed by atoms with Crippen LogP contribution in [0, 0.1) is 20.8 Å². The Labute approximate surface area is 843 Å². The minimum Gasteiger partial charge on any atom is -0.0622 e. The number of benzene rings is 25. The van der Waals surface area contributed by atoms with Crippen molar-refractivity contribution in [1.29, 1.82) is 0 Å². The molecular formula is C144H106. The third-order valence-corrected chi connectivity index (χ3v) is 32.2. The molecule has 0 fully saturated rings. The van der Waals surface area contributed by atoms with Gasteiger partial charge in [-0.05, 0) is 344 Å². The first-order valence-corrected chi connectivity index (χ1v) is 50.9. The van der Waals surface area contributed by atoms with Crippen molar-refractivity contribution in [3.63, 3.8) is 0 Å². The third-order valence-electron chi connectivity index (χ3n) is 32.2. The van der Waals surface area contributed by atoms with Crippen molar-refractivity contribution in [2.75, 3.05) is 0 Å². The fourth-order valence-electron chi connectivity index (χ4n) is 25.2. The summed E-state index contributed by atoms with van der Waals surface area (Å²) in [6.45, 7) is 20.8. The second-order valence-electron chi connectivity index (χ2n) is 41.7. The highest BCUT2D eigenvalue weighted by atomic mass is 14.4. The summed E-state index contributed by atoms with van der Waals surface area (Å²) in [7, 11) is 0. The van der Waals surface area contributed by atoms with Crippen molar-refractivity contribution in [3.8, 4) is 145 Å². The summed E-state index contributed by atoms with van der Waals surface area (Å²) in [5, 5.41) is 23.0. The van der Waals surface area contributed by atoms with Crippen molar-refractivity contribution in [2.24, 2.45) is 0 Å². The van der Waals surface area contributed by atoms with E-state index in [-0.39, 0.29) is 16.2 Å². The molecule has 0 unspecified atom stereocenters. The zero-order valence-electron chi connectivity index (χ0n) is 82.6. The van der Waals surface area contributed by atoms with E-state index in [4.69, 9.17) is 0 Å². The third kappa shape index (κ3) is 14.2. The standard InChI is InChI=1S/C51H36.C47H36.C46H34/c1-51(2)46-24-11-10-22-43(46)50-44(23-13-25-47(50)51)49-41-21-9-8-20-40(41)48(39-19-12-18-36(31-39)33-14-4-3-5-15-33)42-29-28-38(32-45(42)49)37-27-26-34-16-6-7-17-35(34)30-37;1-29-20-24-35(30(2)26-29)44-36-14-7-8-15-37(36)45(40-17-11-19-43-46(40)39-16-9-10-18-42(39)47(43,3)4)41-28-34(23-25-38(41)44)33-22-21-31-12-5-6-13-32(31)27-33;1-29-19-21-31(22-20-29)43-35-13-6-7-14-36(35)44(39-16-10-18-42-45(39)38-15-8-9-17-41(38)46(42,2)3)40-28-34(25-26-37(40)43)33-24-23-30-11-4-5-12-32(30)27-33/h3-32H,1-2H3;5-28H,1-4H3;4-28H,1-3H3. The summed E-state index contributed by atoms with van der Waals surface area (Å²) in [6, 6.07) is 179. The lowest BCUT2D eigenvalue weighted by atomic mass is 9.80. The van der Waals surface area contributed by atoms with E-state index >= 15 is 0 Å². The Bertz CT molecular complexity index is 9620. The molecule has 0 radical (unpaired) electrons. The van der Waals surface area contributed by atoms with Crippen LogP contribution in [-0.4, -0.2) is 0 Å². The molecule has 0 atom stereocenters. The average Bonchev–Trinajstić information content (AvgIpc) is 1.40. The van der Waals surface area contributed by atoms with Crippen LogP contribution in [0.1, 0.15) is 91.6 Å². The minimum absolute atomic E-state index is 0.0639. The lowest BCUT2D eigenvalue weighted by Crippen LogP contribution is -2.14. The molecule has 0 saturated heterocycles. The normalized spacial score (nSPS) is 13.2. The molecule has 0 spiro atoms. The Balaban J connectivity index is 0.000000110. The van der Waals surface area contributed by atoms with Crippen molar-refractivity contribution < 1.29 is 0 Å². The zero-order chi connectivity index (χ0) is 97.0. The molecule has 0 amide bonds. The second-order valence-corrected chi connectivity index (χ2v) is 41.7. The van der Waals surface area contributed by atoms with Crippen LogP contribution in [0.4, 0.5) is 0 Å². The van der Waals surface area contributed by atoms with Gasteiger partial charge in [-0.25, -0.2) is 0 Å². The van der Waals surface area contributed by atoms with E-state index in [2.05, 4.69) is 542 Å². The summed E-state index contributed by atoms with van der Waals surface area (Å²) in [5.74, 6) is 0. The van der Waals surface area contributed by atoms with Crippen LogP contribution >= 0.6 is 0 Å². The fourth-order valence-corrected chi connectivity index (χ4v) is 25.2. The number of hydrogen-bond acceptors (Lipinski definition) is 0. The predicted octanol–water partition coefficient (Wildman–Crippen LogP) is 40.0. The largest absolute Gasteiger partial charge is 0.0622 e. The monoisotopic (exact) mass is 1830 g/mol. The van der Waals surface area contributed by atoms with Gasteiger partial charge in [-0.3, -0.25) is 0 Å². The van der Waals surface area contributed by atoms with Gasteiger partial charge in [0, 0.05) is 16.2 Å². The molecule has 25 aromatic carbocycles. The molecule has 0 aromatic heterocycles. The molecule has 3 aliphatic rings. The molecule has 25 aromatic rings. The van der Waals surface area contributed by atoms with Gasteiger partial charge in [0.15, 0.2) is 0 Å². The van der Waals surface area contributed by atoms with E-state index in [0.29, 0.717) is 0 Å². The quantitative estimate of drug-likeness (QED) is 0.120. The molecule has 0 aliphatic heterocycles. The molecule has 3 aliphatic carbocycles. The van der Waals surface area contributed by atoms with Gasteiger partial charge in [0.2, 0.25) is 0 Å². The summed E-state index contributed by atoms with van der Waals surface area (Å²) < 4.78 is 0. The maximum Gasteiger partial charge on any atom is 0.0159 e. The Morgan fingerprint density at radius 1 is 0.125 bits per heavy atom. The molecule has 0 N–H and O–H groups in total. The van der Waals surface area contributed by atoms with Crippen molar-refractivity contribution in [2.45, 2.75) is 78.6 Å². The number of aryl methyl sites for hydroxylation is 3. The van der Waals surface area contributed by atoms with Crippen LogP contribution in [0.5, 0.6) is 0 Å². The van der Waals surface area contributed by atoms with Crippen LogP contribution in [0.3, 0.4) is 0 Å². The van der Waals surface area contributed by atoms with Gasteiger partial charge >= 0.3 is 0 Å². The Kier molecular flexibility index (Phi) is 20.8. The average molecular weight is 1840 g/mol. The summed E-state index contributed by atoms with van der Waals surface area (Å²) >= 11 is 0. The van der Waals surface area contributed by atoms with E-state index in [0.717, 1.165) is 0 Å². The highest BCUT2D eigenvalue weighted by Gasteiger charge is 2.41. The Morgan fingerprint density at radius 2 is 0.382 bits per heavy atom. The smallest absolute Gasteiger partial charge is 0.0159 e. The van der Waals surface area contributed by atoms with Crippen LogP contribution in [-0.2, 0) is 16.2 Å². The van der Waals surface area contributed by atoms with Gasteiger partial charge in [0.05, 0.1) is 0 Å². The molecule has 0 heterocycles. The molecule has 0 bridgehead atoms. The number of fused-ring (bicyclic) bond motifs is 18. The van der Waals surface area contributed by atoms with Gasteiger partial charge in [0.1, 0.15) is 0 Å². The minimum atomic E-state index is -0.0817. The Morgan fingerprint density at radius 3 is 0.771 bits per heavy atom. The maximum absolute atomic E-state index is 2.46. The van der Waals surface area contributed by atoms with Crippen LogP contribution in [0.25, 0.3) is 242 Å². The lowest BCUT2D eigenvalue weighted by Gasteiger charge is -2.23. The predicted molar refractivity (Wildman–Crippen MR) is 618 cm³/mol. The van der Waals surface area contributed by atoms with Crippen molar-refractivity contribution in [3.05, 3.63) is 529 Å². The molecular weight excluding hydrogens is 1730 g/mol. The van der Waals surface area contributed by atoms with Gasteiger partial charge < -0.3 is 0 Å². The summed E-state index contributed by atoms with van der Waals surface area (Å²) in [4.78, 5) is 0. The van der Waals surface area contributed by atoms with E-state index < -0.39 is 0 Å². The topological polar surface area (TPSA) is 0 Å². The van der Waals surface area contributed by atoms with E-state index in [1.807, 2.05) is 0 Å². The Hall–Kier alpha value is -17.2. The van der Waals surface area contributed by atoms with Crippen molar-refractivity contribution >= 4 is 97.0 Å². The molecule has 682 valence electrons. The highest BCUT2D eigenvalue weighted by molar-refractivity contribution is 6.27. The van der Waals surface area contributed by atoms with Gasteiger partial charge in [0.25, 0.3) is 0 Å². The molecule has 0 heteroatoms. The maximum atomic E-state index is 2.46. The zero-order valence-corrected chi connectivity index (χ0v) is 82.6. The van der Waals surface area contributed by atoms with Crippen LogP contribution in [0.15, 0.2) is 479 Å². The van der Waals surface area contributed by atoms with Gasteiger partial charge in [-0.2, -0.15) is 0 Å². The van der Waals surface area contributed by atoms with E-state index in [1.54, 1.807) is 0 Å². The summed E-state index contributed by atoms with van der Waals surface area (Å²) in [6.07, 6.45) is 0. The van der Waals surface area contributed by atoms with Crippen LogP contribution in [0.2, 0.25) is 0 Å². The van der Waals surface area contributed by atoms with Crippen LogP contribution < -0.4 is 0 Å². The molecule has 0 saturated carbocycles. The molecule has 0 nitrogen and oxygen atoms in total. The molecule has 144 heavy (non-hydrogen) atoms.